The molecule has 0 aromatic heterocycles. The van der Waals surface area contributed by atoms with E-state index in [0.717, 1.165) is 24.5 Å². The molecular weight excluding hydrogens is 258 g/mol. The van der Waals surface area contributed by atoms with Crippen LogP contribution in [0.2, 0.25) is 5.02 Å². The van der Waals surface area contributed by atoms with Crippen LogP contribution in [0.3, 0.4) is 0 Å². The summed E-state index contributed by atoms with van der Waals surface area (Å²) in [5.41, 5.74) is 10.6. The van der Waals surface area contributed by atoms with Crippen molar-refractivity contribution in [3.8, 4) is 6.07 Å². The Hall–Kier alpha value is -2.18. The summed E-state index contributed by atoms with van der Waals surface area (Å²) in [6, 6.07) is 13.5. The predicted octanol–water partition coefficient (Wildman–Crippen LogP) is 3.31. The van der Waals surface area contributed by atoms with Gasteiger partial charge in [-0.25, -0.2) is 0 Å². The molecule has 2 N–H and O–H groups in total. The molecule has 0 unspecified atom stereocenters. The molecule has 19 heavy (non-hydrogen) atoms. The summed E-state index contributed by atoms with van der Waals surface area (Å²) >= 11 is 6.24. The topological polar surface area (TPSA) is 53.0 Å². The molecule has 3 rings (SSSR count). The van der Waals surface area contributed by atoms with Gasteiger partial charge in [-0.3, -0.25) is 0 Å². The van der Waals surface area contributed by atoms with Gasteiger partial charge >= 0.3 is 0 Å². The van der Waals surface area contributed by atoms with Crippen LogP contribution in [-0.4, -0.2) is 0 Å². The standard InChI is InChI=1S/C15H12ClN3/c16-14-5-10(7-17)1-4-15(14)19-8-11-2-3-13(18)6-12(11)9-19/h1-6H,8-9,18H2. The van der Waals surface area contributed by atoms with Crippen LogP contribution in [0.1, 0.15) is 16.7 Å². The lowest BCUT2D eigenvalue weighted by atomic mass is 10.1. The van der Waals surface area contributed by atoms with Crippen LogP contribution in [-0.2, 0) is 13.1 Å². The molecule has 0 amide bonds. The Morgan fingerprint density at radius 1 is 1.11 bits per heavy atom. The Kier molecular flexibility index (Phi) is 2.81. The number of rotatable bonds is 1. The van der Waals surface area contributed by atoms with Gasteiger partial charge in [-0.1, -0.05) is 17.7 Å². The Morgan fingerprint density at radius 2 is 1.89 bits per heavy atom. The van der Waals surface area contributed by atoms with Crippen molar-refractivity contribution in [1.29, 1.82) is 5.26 Å². The van der Waals surface area contributed by atoms with Gasteiger partial charge in [0.1, 0.15) is 0 Å². The molecule has 0 saturated carbocycles. The van der Waals surface area contributed by atoms with Crippen LogP contribution in [0.15, 0.2) is 36.4 Å². The van der Waals surface area contributed by atoms with Crippen LogP contribution in [0.25, 0.3) is 0 Å². The van der Waals surface area contributed by atoms with Crippen LogP contribution in [0.5, 0.6) is 0 Å². The monoisotopic (exact) mass is 269 g/mol. The molecule has 94 valence electrons. The van der Waals surface area contributed by atoms with Crippen LogP contribution in [0, 0.1) is 11.3 Å². The Balaban J connectivity index is 1.93. The highest BCUT2D eigenvalue weighted by Crippen LogP contribution is 2.34. The number of hydrogen-bond acceptors (Lipinski definition) is 3. The summed E-state index contributed by atoms with van der Waals surface area (Å²) in [6.45, 7) is 1.62. The first-order valence-electron chi connectivity index (χ1n) is 5.99. The van der Waals surface area contributed by atoms with Crippen LogP contribution >= 0.6 is 11.6 Å². The number of halogens is 1. The van der Waals surface area contributed by atoms with Crippen molar-refractivity contribution in [2.24, 2.45) is 0 Å². The van der Waals surface area contributed by atoms with Gasteiger partial charge in [-0.2, -0.15) is 5.26 Å². The Labute approximate surface area is 116 Å². The van der Waals surface area contributed by atoms with E-state index in [2.05, 4.69) is 17.0 Å². The number of hydrogen-bond donors (Lipinski definition) is 1. The average Bonchev–Trinajstić information content (AvgIpc) is 2.81. The maximum atomic E-state index is 8.85. The normalized spacial score (nSPS) is 13.2. The maximum absolute atomic E-state index is 8.85. The number of benzene rings is 2. The zero-order chi connectivity index (χ0) is 13.4. The first kappa shape index (κ1) is 11.9. The molecule has 0 bridgehead atoms. The molecule has 0 atom stereocenters. The molecule has 3 nitrogen and oxygen atoms in total. The lowest BCUT2D eigenvalue weighted by molar-refractivity contribution is 0.880. The SMILES string of the molecule is N#Cc1ccc(N2Cc3ccc(N)cc3C2)c(Cl)c1. The van der Waals surface area contributed by atoms with Crippen molar-refractivity contribution < 1.29 is 0 Å². The van der Waals surface area contributed by atoms with E-state index in [-0.39, 0.29) is 0 Å². The largest absolute Gasteiger partial charge is 0.399 e. The second-order valence-electron chi connectivity index (χ2n) is 4.66. The minimum atomic E-state index is 0.578. The fourth-order valence-corrected chi connectivity index (χ4v) is 2.72. The lowest BCUT2D eigenvalue weighted by Gasteiger charge is -2.19. The van der Waals surface area contributed by atoms with E-state index in [1.165, 1.54) is 11.1 Å². The summed E-state index contributed by atoms with van der Waals surface area (Å²) in [6.07, 6.45) is 0. The van der Waals surface area contributed by atoms with Crippen molar-refractivity contribution in [2.45, 2.75) is 13.1 Å². The maximum Gasteiger partial charge on any atom is 0.0992 e. The molecular formula is C15H12ClN3. The summed E-state index contributed by atoms with van der Waals surface area (Å²) in [5.74, 6) is 0. The molecule has 2 aromatic rings. The van der Waals surface area contributed by atoms with Gasteiger partial charge in [-0.05, 0) is 41.5 Å². The van der Waals surface area contributed by atoms with E-state index in [1.807, 2.05) is 18.2 Å². The Morgan fingerprint density at radius 3 is 2.63 bits per heavy atom. The lowest BCUT2D eigenvalue weighted by Crippen LogP contribution is -2.14. The minimum Gasteiger partial charge on any atom is -0.399 e. The average molecular weight is 270 g/mol. The van der Waals surface area contributed by atoms with Gasteiger partial charge < -0.3 is 10.6 Å². The van der Waals surface area contributed by atoms with Gasteiger partial charge in [0.2, 0.25) is 0 Å². The van der Waals surface area contributed by atoms with Crippen LogP contribution in [0.4, 0.5) is 11.4 Å². The second kappa shape index (κ2) is 4.49. The number of anilines is 2. The molecule has 2 aromatic carbocycles. The van der Waals surface area contributed by atoms with E-state index in [1.54, 1.807) is 12.1 Å². The minimum absolute atomic E-state index is 0.578. The van der Waals surface area contributed by atoms with Gasteiger partial charge in [0.15, 0.2) is 0 Å². The fraction of sp³-hybridized carbons (Fsp3) is 0.133. The van der Waals surface area contributed by atoms with Gasteiger partial charge in [-0.15, -0.1) is 0 Å². The summed E-state index contributed by atoms with van der Waals surface area (Å²) < 4.78 is 0. The van der Waals surface area contributed by atoms with E-state index in [4.69, 9.17) is 22.6 Å². The Bertz CT molecular complexity index is 688. The highest BCUT2D eigenvalue weighted by Gasteiger charge is 2.21. The van der Waals surface area contributed by atoms with E-state index < -0.39 is 0 Å². The third kappa shape index (κ3) is 2.11. The molecule has 1 heterocycles. The molecule has 0 aliphatic carbocycles. The molecule has 1 aliphatic rings. The van der Waals surface area contributed by atoms with E-state index >= 15 is 0 Å². The second-order valence-corrected chi connectivity index (χ2v) is 5.07. The van der Waals surface area contributed by atoms with Crippen molar-refractivity contribution in [3.05, 3.63) is 58.1 Å². The number of nitrogens with two attached hydrogens (primary N) is 1. The van der Waals surface area contributed by atoms with Crippen molar-refractivity contribution in [1.82, 2.24) is 0 Å². The molecule has 0 saturated heterocycles. The summed E-state index contributed by atoms with van der Waals surface area (Å²) in [4.78, 5) is 2.19. The van der Waals surface area contributed by atoms with Crippen molar-refractivity contribution in [2.75, 3.05) is 10.6 Å². The molecule has 0 spiro atoms. The highest BCUT2D eigenvalue weighted by molar-refractivity contribution is 6.33. The smallest absolute Gasteiger partial charge is 0.0992 e. The number of nitrogens with zero attached hydrogens (tertiary/aromatic N) is 2. The first-order valence-corrected chi connectivity index (χ1v) is 6.37. The number of nitrogen functional groups attached to an aromatic ring is 1. The third-order valence-electron chi connectivity index (χ3n) is 3.37. The summed E-state index contributed by atoms with van der Waals surface area (Å²) in [7, 11) is 0. The number of fused-ring (bicyclic) bond motifs is 1. The van der Waals surface area contributed by atoms with E-state index in [9.17, 15) is 0 Å². The molecule has 4 heteroatoms. The van der Waals surface area contributed by atoms with Crippen LogP contribution < -0.4 is 10.6 Å². The summed E-state index contributed by atoms with van der Waals surface area (Å²) in [5, 5.41) is 9.47. The van der Waals surface area contributed by atoms with Crippen molar-refractivity contribution >= 4 is 23.0 Å². The first-order chi connectivity index (χ1) is 9.17. The zero-order valence-corrected chi connectivity index (χ0v) is 11.0. The predicted molar refractivity (Wildman–Crippen MR) is 76.9 cm³/mol. The van der Waals surface area contributed by atoms with Gasteiger partial charge in [0.25, 0.3) is 0 Å². The fourth-order valence-electron chi connectivity index (χ4n) is 2.42. The van der Waals surface area contributed by atoms with Gasteiger partial charge in [0.05, 0.1) is 22.3 Å². The zero-order valence-electron chi connectivity index (χ0n) is 10.2. The number of nitriles is 1. The molecule has 1 aliphatic heterocycles. The molecule has 0 radical (unpaired) electrons. The van der Waals surface area contributed by atoms with Gasteiger partial charge in [0, 0.05) is 18.8 Å². The quantitative estimate of drug-likeness (QED) is 0.808. The molecule has 0 fully saturated rings. The highest BCUT2D eigenvalue weighted by atomic mass is 35.5. The third-order valence-corrected chi connectivity index (χ3v) is 3.67. The van der Waals surface area contributed by atoms with E-state index in [0.29, 0.717) is 10.6 Å². The van der Waals surface area contributed by atoms with Crippen molar-refractivity contribution in [3.63, 3.8) is 0 Å².